The van der Waals surface area contributed by atoms with Gasteiger partial charge in [-0.25, -0.2) is 0 Å². The van der Waals surface area contributed by atoms with Gasteiger partial charge in [0.1, 0.15) is 17.3 Å². The lowest BCUT2D eigenvalue weighted by molar-refractivity contribution is -0.132. The molecule has 0 aliphatic carbocycles. The molecular formula is C30H32N2O5. The number of benzene rings is 3. The third kappa shape index (κ3) is 4.89. The third-order valence-electron chi connectivity index (χ3n) is 6.36. The summed E-state index contributed by atoms with van der Waals surface area (Å²) in [4.78, 5) is 30.5. The highest BCUT2D eigenvalue weighted by molar-refractivity contribution is 6.51. The van der Waals surface area contributed by atoms with Crippen LogP contribution in [0.25, 0.3) is 5.76 Å². The molecule has 1 amide bonds. The zero-order valence-corrected chi connectivity index (χ0v) is 21.8. The number of ether oxygens (including phenoxy) is 2. The molecule has 1 heterocycles. The summed E-state index contributed by atoms with van der Waals surface area (Å²) >= 11 is 0. The molecular weight excluding hydrogens is 468 g/mol. The Morgan fingerprint density at radius 1 is 0.946 bits per heavy atom. The van der Waals surface area contributed by atoms with Crippen molar-refractivity contribution in [1.82, 2.24) is 0 Å². The second-order valence-electron chi connectivity index (χ2n) is 8.97. The summed E-state index contributed by atoms with van der Waals surface area (Å²) in [6, 6.07) is 19.2. The number of rotatable bonds is 8. The monoisotopic (exact) mass is 500 g/mol. The fourth-order valence-corrected chi connectivity index (χ4v) is 4.56. The number of aliphatic hydroxyl groups is 1. The van der Waals surface area contributed by atoms with Crippen LogP contribution in [0.3, 0.4) is 0 Å². The zero-order valence-electron chi connectivity index (χ0n) is 21.8. The van der Waals surface area contributed by atoms with Crippen LogP contribution >= 0.6 is 0 Å². The first kappa shape index (κ1) is 25.8. The Balaban J connectivity index is 1.95. The van der Waals surface area contributed by atoms with Crippen LogP contribution in [0.1, 0.15) is 36.6 Å². The van der Waals surface area contributed by atoms with E-state index in [0.29, 0.717) is 41.5 Å². The molecule has 1 atom stereocenters. The second kappa shape index (κ2) is 10.8. The number of ketones is 1. The Bertz CT molecular complexity index is 1340. The topological polar surface area (TPSA) is 79.3 Å². The highest BCUT2D eigenvalue weighted by Gasteiger charge is 2.47. The number of hydrogen-bond acceptors (Lipinski definition) is 6. The minimum atomic E-state index is -0.821. The van der Waals surface area contributed by atoms with Gasteiger partial charge in [0, 0.05) is 31.5 Å². The predicted octanol–water partition coefficient (Wildman–Crippen LogP) is 5.48. The number of amides is 1. The van der Waals surface area contributed by atoms with E-state index in [1.54, 1.807) is 18.2 Å². The van der Waals surface area contributed by atoms with Crippen molar-refractivity contribution in [1.29, 1.82) is 0 Å². The van der Waals surface area contributed by atoms with Crippen molar-refractivity contribution in [3.8, 4) is 11.5 Å². The molecule has 7 heteroatoms. The Morgan fingerprint density at radius 2 is 1.62 bits per heavy atom. The maximum Gasteiger partial charge on any atom is 0.300 e. The molecule has 3 aromatic carbocycles. The molecule has 3 aromatic rings. The van der Waals surface area contributed by atoms with Gasteiger partial charge < -0.3 is 19.5 Å². The largest absolute Gasteiger partial charge is 0.507 e. The third-order valence-corrected chi connectivity index (χ3v) is 6.36. The normalized spacial score (nSPS) is 16.7. The van der Waals surface area contributed by atoms with Crippen LogP contribution in [0.5, 0.6) is 11.5 Å². The van der Waals surface area contributed by atoms with E-state index >= 15 is 0 Å². The van der Waals surface area contributed by atoms with Gasteiger partial charge in [-0.05, 0) is 62.2 Å². The van der Waals surface area contributed by atoms with Crippen molar-refractivity contribution in [2.24, 2.45) is 0 Å². The van der Waals surface area contributed by atoms with E-state index in [-0.39, 0.29) is 11.3 Å². The Hall–Kier alpha value is -4.26. The van der Waals surface area contributed by atoms with Crippen LogP contribution < -0.4 is 19.3 Å². The van der Waals surface area contributed by atoms with Crippen LogP contribution in [-0.2, 0) is 9.59 Å². The minimum absolute atomic E-state index is 0.0102. The van der Waals surface area contributed by atoms with Crippen molar-refractivity contribution < 1.29 is 24.2 Å². The van der Waals surface area contributed by atoms with E-state index in [2.05, 4.69) is 0 Å². The van der Waals surface area contributed by atoms with E-state index in [9.17, 15) is 14.7 Å². The van der Waals surface area contributed by atoms with Crippen LogP contribution in [-0.4, -0.2) is 44.1 Å². The summed E-state index contributed by atoms with van der Waals surface area (Å²) < 4.78 is 11.4. The summed E-state index contributed by atoms with van der Waals surface area (Å²) in [5.74, 6) is -0.781. The fraction of sp³-hybridized carbons (Fsp3) is 0.267. The standard InChI is InChI=1S/C30H32N2O5/c1-6-36-22-16-17-23(25(18-22)37-7-2)28(33)26-27(20-12-14-21(15-13-20)31(4)5)32(30(35)29(26)34)24-11-9-8-10-19(24)3/h8-18,27,33H,6-7H2,1-5H3/b28-26-. The quantitative estimate of drug-likeness (QED) is 0.251. The fourth-order valence-electron chi connectivity index (χ4n) is 4.56. The average Bonchev–Trinajstić information content (AvgIpc) is 3.15. The molecule has 0 radical (unpaired) electrons. The first-order chi connectivity index (χ1) is 17.8. The molecule has 1 saturated heterocycles. The van der Waals surface area contributed by atoms with E-state index in [4.69, 9.17) is 9.47 Å². The van der Waals surface area contributed by atoms with E-state index in [1.165, 1.54) is 4.90 Å². The molecule has 7 nitrogen and oxygen atoms in total. The van der Waals surface area contributed by atoms with Gasteiger partial charge in [0.15, 0.2) is 0 Å². The van der Waals surface area contributed by atoms with Gasteiger partial charge in [0.25, 0.3) is 11.7 Å². The van der Waals surface area contributed by atoms with Gasteiger partial charge in [-0.2, -0.15) is 0 Å². The smallest absolute Gasteiger partial charge is 0.300 e. The number of para-hydroxylation sites is 1. The van der Waals surface area contributed by atoms with Crippen LogP contribution in [0.15, 0.2) is 72.3 Å². The number of aliphatic hydroxyl groups excluding tert-OH is 1. The molecule has 0 bridgehead atoms. The van der Waals surface area contributed by atoms with Crippen molar-refractivity contribution in [2.45, 2.75) is 26.8 Å². The summed E-state index contributed by atoms with van der Waals surface area (Å²) in [5.41, 5.74) is 3.47. The highest BCUT2D eigenvalue weighted by atomic mass is 16.5. The number of anilines is 2. The summed E-state index contributed by atoms with van der Waals surface area (Å²) in [7, 11) is 3.88. The predicted molar refractivity (Wildman–Crippen MR) is 146 cm³/mol. The molecule has 192 valence electrons. The lowest BCUT2D eigenvalue weighted by Gasteiger charge is -2.27. The lowest BCUT2D eigenvalue weighted by atomic mass is 9.94. The Morgan fingerprint density at radius 3 is 2.24 bits per heavy atom. The molecule has 4 rings (SSSR count). The van der Waals surface area contributed by atoms with Gasteiger partial charge in [-0.15, -0.1) is 0 Å². The molecule has 1 N–H and O–H groups in total. The lowest BCUT2D eigenvalue weighted by Crippen LogP contribution is -2.30. The van der Waals surface area contributed by atoms with E-state index < -0.39 is 17.7 Å². The van der Waals surface area contributed by atoms with Crippen LogP contribution in [0.4, 0.5) is 11.4 Å². The van der Waals surface area contributed by atoms with Crippen LogP contribution in [0.2, 0.25) is 0 Å². The van der Waals surface area contributed by atoms with Crippen molar-refractivity contribution in [3.05, 3.63) is 89.0 Å². The van der Waals surface area contributed by atoms with E-state index in [1.807, 2.05) is 88.3 Å². The highest BCUT2D eigenvalue weighted by Crippen LogP contribution is 2.44. The maximum absolute atomic E-state index is 13.5. The van der Waals surface area contributed by atoms with Crippen LogP contribution in [0, 0.1) is 6.92 Å². The van der Waals surface area contributed by atoms with Gasteiger partial charge in [-0.3, -0.25) is 14.5 Å². The van der Waals surface area contributed by atoms with E-state index in [0.717, 1.165) is 11.3 Å². The molecule has 1 fully saturated rings. The molecule has 0 spiro atoms. The molecule has 37 heavy (non-hydrogen) atoms. The SMILES string of the molecule is CCOc1ccc(/C(O)=C2/C(=O)C(=O)N(c3ccccc3C)C2c2ccc(N(C)C)cc2)c(OCC)c1. The van der Waals surface area contributed by atoms with Gasteiger partial charge in [0.2, 0.25) is 0 Å². The number of carbonyl (C=O) groups is 2. The van der Waals surface area contributed by atoms with Gasteiger partial charge in [-0.1, -0.05) is 30.3 Å². The van der Waals surface area contributed by atoms with Crippen molar-refractivity contribution >= 4 is 28.8 Å². The first-order valence-corrected chi connectivity index (χ1v) is 12.3. The van der Waals surface area contributed by atoms with Crippen molar-refractivity contribution in [3.63, 3.8) is 0 Å². The maximum atomic E-state index is 13.5. The number of Topliss-reactive ketones (excluding diaryl/α,β-unsaturated/α-hetero) is 1. The zero-order chi connectivity index (χ0) is 26.7. The molecule has 1 aliphatic rings. The number of carbonyl (C=O) groups excluding carboxylic acids is 2. The molecule has 1 aliphatic heterocycles. The summed E-state index contributed by atoms with van der Waals surface area (Å²) in [6.07, 6.45) is 0. The average molecular weight is 501 g/mol. The van der Waals surface area contributed by atoms with Crippen molar-refractivity contribution in [2.75, 3.05) is 37.1 Å². The second-order valence-corrected chi connectivity index (χ2v) is 8.97. The van der Waals surface area contributed by atoms with Gasteiger partial charge in [0.05, 0.1) is 30.4 Å². The Labute approximate surface area is 217 Å². The molecule has 0 aromatic heterocycles. The summed E-state index contributed by atoms with van der Waals surface area (Å²) in [5, 5.41) is 11.6. The number of nitrogens with zero attached hydrogens (tertiary/aromatic N) is 2. The number of hydrogen-bond donors (Lipinski definition) is 1. The molecule has 1 unspecified atom stereocenters. The number of aryl methyl sites for hydroxylation is 1. The Kier molecular flexibility index (Phi) is 7.53. The van der Waals surface area contributed by atoms with Gasteiger partial charge >= 0.3 is 0 Å². The molecule has 0 saturated carbocycles. The first-order valence-electron chi connectivity index (χ1n) is 12.3. The minimum Gasteiger partial charge on any atom is -0.507 e. The summed E-state index contributed by atoms with van der Waals surface area (Å²) in [6.45, 7) is 6.42.